The van der Waals surface area contributed by atoms with Crippen LogP contribution in [-0.2, 0) is 9.84 Å². The highest BCUT2D eigenvalue weighted by atomic mass is 32.2. The van der Waals surface area contributed by atoms with Crippen molar-refractivity contribution >= 4 is 15.5 Å². The lowest BCUT2D eigenvalue weighted by Gasteiger charge is -2.18. The van der Waals surface area contributed by atoms with Crippen LogP contribution in [0.3, 0.4) is 0 Å². The van der Waals surface area contributed by atoms with Gasteiger partial charge in [0.05, 0.1) is 28.2 Å². The first-order chi connectivity index (χ1) is 8.56. The van der Waals surface area contributed by atoms with Crippen molar-refractivity contribution in [2.24, 2.45) is 0 Å². The molecule has 0 radical (unpaired) electrons. The van der Waals surface area contributed by atoms with Crippen LogP contribution in [0.25, 0.3) is 11.3 Å². The molecule has 18 heavy (non-hydrogen) atoms. The molecule has 1 aliphatic heterocycles. The van der Waals surface area contributed by atoms with E-state index in [1.54, 1.807) is 18.3 Å². The van der Waals surface area contributed by atoms with Gasteiger partial charge in [0, 0.05) is 12.1 Å². The van der Waals surface area contributed by atoms with Gasteiger partial charge in [0.2, 0.25) is 0 Å². The van der Waals surface area contributed by atoms with E-state index in [1.807, 2.05) is 13.0 Å². The second-order valence-electron chi connectivity index (χ2n) is 4.34. The van der Waals surface area contributed by atoms with Crippen molar-refractivity contribution in [3.05, 3.63) is 30.2 Å². The summed E-state index contributed by atoms with van der Waals surface area (Å²) in [4.78, 5) is 7.59. The summed E-state index contributed by atoms with van der Waals surface area (Å²) in [5.74, 6) is 0.953. The summed E-state index contributed by atoms with van der Waals surface area (Å²) >= 11 is 0. The molecule has 5 nitrogen and oxygen atoms in total. The fourth-order valence-electron chi connectivity index (χ4n) is 2.09. The molecular weight excluding hydrogens is 250 g/mol. The van der Waals surface area contributed by atoms with Gasteiger partial charge in [-0.25, -0.2) is 13.4 Å². The predicted molar refractivity (Wildman–Crippen MR) is 69.3 cm³/mol. The van der Waals surface area contributed by atoms with Crippen LogP contribution in [0.4, 0.5) is 5.69 Å². The Balaban J connectivity index is 2.16. The van der Waals surface area contributed by atoms with E-state index in [0.29, 0.717) is 17.1 Å². The zero-order valence-corrected chi connectivity index (χ0v) is 10.7. The average molecular weight is 263 g/mol. The molecule has 1 aromatic heterocycles. The Hall–Kier alpha value is -1.82. The Kier molecular flexibility index (Phi) is 2.41. The van der Waals surface area contributed by atoms with Gasteiger partial charge in [-0.15, -0.1) is 0 Å². The van der Waals surface area contributed by atoms with E-state index in [9.17, 15) is 8.42 Å². The molecule has 3 rings (SSSR count). The number of aromatic nitrogens is 2. The van der Waals surface area contributed by atoms with Crippen molar-refractivity contribution < 1.29 is 8.42 Å². The quantitative estimate of drug-likeness (QED) is 0.819. The van der Waals surface area contributed by atoms with Gasteiger partial charge in [-0.3, -0.25) is 0 Å². The summed E-state index contributed by atoms with van der Waals surface area (Å²) < 4.78 is 24.0. The van der Waals surface area contributed by atoms with Crippen LogP contribution in [0.2, 0.25) is 0 Å². The maximum absolute atomic E-state index is 12.0. The van der Waals surface area contributed by atoms with Gasteiger partial charge >= 0.3 is 0 Å². The van der Waals surface area contributed by atoms with E-state index < -0.39 is 9.84 Å². The summed E-state index contributed by atoms with van der Waals surface area (Å²) in [5.41, 5.74) is 2.35. The van der Waals surface area contributed by atoms with Crippen LogP contribution >= 0.6 is 0 Å². The number of aromatic amines is 1. The lowest BCUT2D eigenvalue weighted by atomic mass is 10.1. The fourth-order valence-corrected chi connectivity index (χ4v) is 3.46. The van der Waals surface area contributed by atoms with Crippen molar-refractivity contribution in [1.82, 2.24) is 9.97 Å². The number of benzene rings is 1. The number of sulfone groups is 1. The number of anilines is 1. The molecule has 0 fully saturated rings. The Bertz CT molecular complexity index is 704. The molecule has 0 spiro atoms. The van der Waals surface area contributed by atoms with E-state index in [4.69, 9.17) is 0 Å². The average Bonchev–Trinajstić information content (AvgIpc) is 2.75. The maximum atomic E-state index is 12.0. The van der Waals surface area contributed by atoms with Crippen molar-refractivity contribution in [2.45, 2.75) is 11.8 Å². The van der Waals surface area contributed by atoms with Gasteiger partial charge < -0.3 is 10.3 Å². The molecule has 0 aliphatic carbocycles. The van der Waals surface area contributed by atoms with Crippen LogP contribution in [0.5, 0.6) is 0 Å². The third-order valence-electron chi connectivity index (χ3n) is 3.02. The molecule has 0 bridgehead atoms. The zero-order chi connectivity index (χ0) is 12.8. The van der Waals surface area contributed by atoms with Gasteiger partial charge in [0.1, 0.15) is 5.82 Å². The van der Waals surface area contributed by atoms with Gasteiger partial charge in [-0.2, -0.15) is 0 Å². The smallest absolute Gasteiger partial charge is 0.182 e. The van der Waals surface area contributed by atoms with Crippen molar-refractivity contribution in [3.8, 4) is 11.3 Å². The minimum absolute atomic E-state index is 0.144. The summed E-state index contributed by atoms with van der Waals surface area (Å²) in [6.45, 7) is 2.33. The Morgan fingerprint density at radius 2 is 2.17 bits per heavy atom. The number of hydrogen-bond donors (Lipinski definition) is 2. The molecule has 2 heterocycles. The summed E-state index contributed by atoms with van der Waals surface area (Å²) in [6, 6.07) is 5.39. The van der Waals surface area contributed by atoms with Crippen LogP contribution < -0.4 is 5.32 Å². The number of fused-ring (bicyclic) bond motifs is 1. The number of nitrogens with one attached hydrogen (secondary N) is 2. The highest BCUT2D eigenvalue weighted by Crippen LogP contribution is 2.30. The first-order valence-corrected chi connectivity index (χ1v) is 7.34. The van der Waals surface area contributed by atoms with E-state index in [0.717, 1.165) is 17.1 Å². The maximum Gasteiger partial charge on any atom is 0.182 e. The second-order valence-corrected chi connectivity index (χ2v) is 6.42. The number of H-pyrrole nitrogens is 1. The molecule has 0 unspecified atom stereocenters. The topological polar surface area (TPSA) is 74.8 Å². The molecular formula is C12H13N3O2S. The van der Waals surface area contributed by atoms with E-state index in [2.05, 4.69) is 15.3 Å². The minimum atomic E-state index is -3.16. The Morgan fingerprint density at radius 3 is 2.89 bits per heavy atom. The number of hydrogen-bond acceptors (Lipinski definition) is 4. The van der Waals surface area contributed by atoms with E-state index in [1.165, 1.54) is 0 Å². The molecule has 2 aromatic rings. The first kappa shape index (κ1) is 11.3. The Morgan fingerprint density at radius 1 is 1.33 bits per heavy atom. The van der Waals surface area contributed by atoms with Crippen molar-refractivity contribution in [3.63, 3.8) is 0 Å². The van der Waals surface area contributed by atoms with Crippen LogP contribution in [0.1, 0.15) is 5.82 Å². The molecule has 1 aromatic carbocycles. The number of aryl methyl sites for hydroxylation is 1. The molecule has 6 heteroatoms. The fraction of sp³-hybridized carbons (Fsp3) is 0.250. The molecule has 2 N–H and O–H groups in total. The van der Waals surface area contributed by atoms with Gasteiger partial charge in [0.25, 0.3) is 0 Å². The monoisotopic (exact) mass is 263 g/mol. The molecule has 1 aliphatic rings. The SMILES string of the molecule is Cc1ncc(-c2ccc3c(c2)S(=O)(=O)CCN3)[nH]1. The second kappa shape index (κ2) is 3.84. The van der Waals surface area contributed by atoms with Gasteiger partial charge in [-0.1, -0.05) is 6.07 Å². The lowest BCUT2D eigenvalue weighted by molar-refractivity contribution is 0.595. The molecule has 0 amide bonds. The van der Waals surface area contributed by atoms with Crippen molar-refractivity contribution in [1.29, 1.82) is 0 Å². The van der Waals surface area contributed by atoms with Crippen LogP contribution in [0, 0.1) is 6.92 Å². The Labute approximate surface area is 105 Å². The minimum Gasteiger partial charge on any atom is -0.383 e. The normalized spacial score (nSPS) is 16.9. The van der Waals surface area contributed by atoms with E-state index in [-0.39, 0.29) is 5.75 Å². The largest absolute Gasteiger partial charge is 0.383 e. The standard InChI is InChI=1S/C12H13N3O2S/c1-8-14-7-11(15-8)9-2-3-10-12(6-9)18(16,17)5-4-13-10/h2-3,6-7,13H,4-5H2,1H3,(H,14,15). The number of nitrogens with zero attached hydrogens (tertiary/aromatic N) is 1. The van der Waals surface area contributed by atoms with Crippen LogP contribution in [-0.4, -0.2) is 30.7 Å². The van der Waals surface area contributed by atoms with Crippen molar-refractivity contribution in [2.75, 3.05) is 17.6 Å². The molecule has 0 saturated heterocycles. The number of imidazole rings is 1. The van der Waals surface area contributed by atoms with Gasteiger partial charge in [0.15, 0.2) is 9.84 Å². The van der Waals surface area contributed by atoms with Crippen LogP contribution in [0.15, 0.2) is 29.3 Å². The first-order valence-electron chi connectivity index (χ1n) is 5.69. The summed E-state index contributed by atoms with van der Waals surface area (Å²) in [6.07, 6.45) is 1.71. The predicted octanol–water partition coefficient (Wildman–Crippen LogP) is 1.58. The molecule has 0 saturated carbocycles. The van der Waals surface area contributed by atoms with Gasteiger partial charge in [-0.05, 0) is 19.1 Å². The number of rotatable bonds is 1. The zero-order valence-electron chi connectivity index (χ0n) is 9.90. The third kappa shape index (κ3) is 1.78. The summed E-state index contributed by atoms with van der Waals surface area (Å²) in [7, 11) is -3.16. The highest BCUT2D eigenvalue weighted by Gasteiger charge is 2.23. The third-order valence-corrected chi connectivity index (χ3v) is 4.77. The van der Waals surface area contributed by atoms with E-state index >= 15 is 0 Å². The lowest BCUT2D eigenvalue weighted by Crippen LogP contribution is -2.23. The molecule has 94 valence electrons. The molecule has 0 atom stereocenters. The highest BCUT2D eigenvalue weighted by molar-refractivity contribution is 7.91. The summed E-state index contributed by atoms with van der Waals surface area (Å²) in [5, 5.41) is 3.10.